The molecule has 2 rings (SSSR count). The molecule has 0 aromatic heterocycles. The summed E-state index contributed by atoms with van der Waals surface area (Å²) in [6.07, 6.45) is 4.94. The summed E-state index contributed by atoms with van der Waals surface area (Å²) in [6.45, 7) is 7.31. The number of rotatable bonds is 6. The third kappa shape index (κ3) is 8.13. The highest BCUT2D eigenvalue weighted by Crippen LogP contribution is 2.43. The highest BCUT2D eigenvalue weighted by Gasteiger charge is 2.46. The first-order valence-electron chi connectivity index (χ1n) is 11.7. The average Bonchev–Trinajstić information content (AvgIpc) is 3.07. The summed E-state index contributed by atoms with van der Waals surface area (Å²) in [4.78, 5) is 71.1. The Hall–Kier alpha value is -2.81. The zero-order valence-electron chi connectivity index (χ0n) is 20.7. The normalized spacial score (nSPS) is 26.4. The van der Waals surface area contributed by atoms with Gasteiger partial charge < -0.3 is 9.57 Å². The van der Waals surface area contributed by atoms with Crippen LogP contribution in [0.4, 0.5) is 4.79 Å². The van der Waals surface area contributed by atoms with Gasteiger partial charge in [-0.05, 0) is 61.5 Å². The van der Waals surface area contributed by atoms with Crippen molar-refractivity contribution >= 4 is 38.3 Å². The number of imide groups is 1. The number of hydrogen-bond acceptors (Lipinski definition) is 9. The summed E-state index contributed by atoms with van der Waals surface area (Å²) in [5.74, 6) is -1.81. The van der Waals surface area contributed by atoms with Gasteiger partial charge in [0.2, 0.25) is 0 Å². The van der Waals surface area contributed by atoms with Gasteiger partial charge >= 0.3 is 26.0 Å². The van der Waals surface area contributed by atoms with Gasteiger partial charge in [-0.25, -0.2) is 9.59 Å². The number of hydrogen-bond donors (Lipinski definition) is 0. The molecule has 3 unspecified atom stereocenters. The number of nitrogens with zero attached hydrogens (tertiary/aromatic N) is 2. The summed E-state index contributed by atoms with van der Waals surface area (Å²) in [7, 11) is -2.11. The van der Waals surface area contributed by atoms with Gasteiger partial charge in [0.15, 0.2) is 6.16 Å². The number of carbonyl (C=O) groups excluding carboxylic acids is 5. The minimum atomic E-state index is -2.11. The van der Waals surface area contributed by atoms with Crippen LogP contribution in [0.3, 0.4) is 0 Å². The minimum absolute atomic E-state index is 0.0408. The fourth-order valence-corrected chi connectivity index (χ4v) is 5.48. The first-order chi connectivity index (χ1) is 16.4. The molecule has 1 heterocycles. The van der Waals surface area contributed by atoms with Crippen LogP contribution in [0.25, 0.3) is 0 Å². The van der Waals surface area contributed by atoms with Crippen molar-refractivity contribution in [3.63, 3.8) is 0 Å². The third-order valence-electron chi connectivity index (χ3n) is 5.89. The summed E-state index contributed by atoms with van der Waals surface area (Å²) < 4.78 is 17.2. The van der Waals surface area contributed by atoms with Crippen LogP contribution in [0, 0.1) is 10.8 Å². The lowest BCUT2D eigenvalue weighted by Gasteiger charge is -2.37. The molecule has 35 heavy (non-hydrogen) atoms. The van der Waals surface area contributed by atoms with E-state index in [4.69, 9.17) is 14.4 Å². The molecule has 0 N–H and O–H groups in total. The molecule has 0 bridgehead atoms. The van der Waals surface area contributed by atoms with Crippen molar-refractivity contribution in [3.05, 3.63) is 12.2 Å². The minimum Gasteiger partial charge on any atom is -0.425 e. The Morgan fingerprint density at radius 2 is 2.00 bits per heavy atom. The predicted molar refractivity (Wildman–Crippen MR) is 123 cm³/mol. The number of ether oxygens (including phenoxy) is 1. The lowest BCUT2D eigenvalue weighted by atomic mass is 9.69. The summed E-state index contributed by atoms with van der Waals surface area (Å²) >= 11 is 0. The van der Waals surface area contributed by atoms with Crippen LogP contribution in [0.2, 0.25) is 0 Å². The van der Waals surface area contributed by atoms with Gasteiger partial charge in [0, 0.05) is 6.42 Å². The van der Waals surface area contributed by atoms with Crippen molar-refractivity contribution in [1.82, 2.24) is 9.90 Å². The Bertz CT molecular complexity index is 872. The van der Waals surface area contributed by atoms with E-state index in [1.54, 1.807) is 19.9 Å². The summed E-state index contributed by atoms with van der Waals surface area (Å²) in [5, 5.41) is 0.454. The molecule has 0 aromatic carbocycles. The second-order valence-electron chi connectivity index (χ2n) is 9.87. The van der Waals surface area contributed by atoms with E-state index in [-0.39, 0.29) is 25.4 Å². The molecule has 194 valence electrons. The van der Waals surface area contributed by atoms with Gasteiger partial charge in [0.05, 0.1) is 16.7 Å². The lowest BCUT2D eigenvalue weighted by molar-refractivity contribution is -0.205. The van der Waals surface area contributed by atoms with E-state index in [1.165, 1.54) is 0 Å². The zero-order valence-corrected chi connectivity index (χ0v) is 21.6. The van der Waals surface area contributed by atoms with Crippen LogP contribution in [0.1, 0.15) is 79.1 Å². The van der Waals surface area contributed by atoms with E-state index in [1.807, 2.05) is 19.9 Å². The van der Waals surface area contributed by atoms with Gasteiger partial charge in [-0.3, -0.25) is 19.2 Å². The maximum atomic E-state index is 13.1. The van der Waals surface area contributed by atoms with Crippen molar-refractivity contribution in [1.29, 1.82) is 0 Å². The van der Waals surface area contributed by atoms with E-state index >= 15 is 0 Å². The second-order valence-corrected chi connectivity index (χ2v) is 11.4. The molecular formula is C23H34N2O9P+. The van der Waals surface area contributed by atoms with Crippen LogP contribution in [-0.4, -0.2) is 52.5 Å². The number of hydroxylamine groups is 3. The highest BCUT2D eigenvalue weighted by molar-refractivity contribution is 7.43. The van der Waals surface area contributed by atoms with Crippen LogP contribution < -0.4 is 0 Å². The van der Waals surface area contributed by atoms with Crippen LogP contribution >= 0.6 is 7.95 Å². The number of carbonyl (C=O) groups is 5. The van der Waals surface area contributed by atoms with Crippen molar-refractivity contribution in [3.8, 4) is 0 Å². The molecule has 0 aromatic rings. The third-order valence-corrected chi connectivity index (χ3v) is 7.21. The van der Waals surface area contributed by atoms with Crippen LogP contribution in [0.5, 0.6) is 0 Å². The molecule has 12 heteroatoms. The number of amides is 3. The van der Waals surface area contributed by atoms with Crippen molar-refractivity contribution in [2.75, 3.05) is 6.16 Å². The zero-order chi connectivity index (χ0) is 26.2. The molecule has 3 amide bonds. The summed E-state index contributed by atoms with van der Waals surface area (Å²) in [6, 6.07) is 0. The molecule has 0 saturated carbocycles. The Morgan fingerprint density at radius 1 is 1.29 bits per heavy atom. The van der Waals surface area contributed by atoms with E-state index in [2.05, 4.69) is 0 Å². The Morgan fingerprint density at radius 3 is 2.60 bits per heavy atom. The molecular weight excluding hydrogens is 479 g/mol. The van der Waals surface area contributed by atoms with Gasteiger partial charge in [-0.1, -0.05) is 26.8 Å². The molecule has 0 radical (unpaired) electrons. The van der Waals surface area contributed by atoms with Crippen molar-refractivity contribution in [2.45, 2.75) is 85.2 Å². The van der Waals surface area contributed by atoms with Crippen LogP contribution in [-0.2, 0) is 38.2 Å². The molecule has 1 aliphatic heterocycles. The Balaban J connectivity index is 2.11. The SMILES string of the molecule is CCCC(=O)N(C=O)OC(=O)C1(C)CCC/C=C/C(OC(=O)ON2C(=O)CC[P+]2=O)CC(C)(C)C1. The Labute approximate surface area is 205 Å². The predicted octanol–water partition coefficient (Wildman–Crippen LogP) is 4.19. The smallest absolute Gasteiger partial charge is 0.425 e. The maximum Gasteiger partial charge on any atom is 0.537 e. The van der Waals surface area contributed by atoms with Gasteiger partial charge in [-0.15, -0.1) is 5.06 Å². The van der Waals surface area contributed by atoms with Crippen LogP contribution in [0.15, 0.2) is 12.2 Å². The van der Waals surface area contributed by atoms with Gasteiger partial charge in [-0.2, -0.15) is 0 Å². The van der Waals surface area contributed by atoms with Crippen molar-refractivity contribution in [2.24, 2.45) is 10.8 Å². The maximum absolute atomic E-state index is 13.1. The monoisotopic (exact) mass is 513 g/mol. The van der Waals surface area contributed by atoms with E-state index < -0.39 is 48.8 Å². The quantitative estimate of drug-likeness (QED) is 0.168. The molecule has 3 atom stereocenters. The lowest BCUT2D eigenvalue weighted by Crippen LogP contribution is -2.42. The fraction of sp³-hybridized carbons (Fsp3) is 0.696. The van der Waals surface area contributed by atoms with Crippen molar-refractivity contribution < 1.29 is 42.9 Å². The standard InChI is InChI=1S/C23H34N2O9P/c1-5-9-18(27)24(16-26)33-20(29)23(4)12-8-6-7-10-17(14-22(2,3)15-23)32-21(30)34-25-19(28)11-13-35(25)31/h7,10,16-17H,5-6,8-9,11-15H2,1-4H3/q+1/b10-7+. The first-order valence-corrected chi connectivity index (χ1v) is 13.1. The van der Waals surface area contributed by atoms with E-state index in [0.717, 1.165) is 0 Å². The van der Waals surface area contributed by atoms with Gasteiger partial charge in [0.1, 0.15) is 6.10 Å². The molecule has 1 aliphatic carbocycles. The van der Waals surface area contributed by atoms with E-state index in [9.17, 15) is 28.5 Å². The Kier molecular flexibility index (Phi) is 9.94. The average molecular weight is 514 g/mol. The molecule has 1 saturated heterocycles. The van der Waals surface area contributed by atoms with Gasteiger partial charge in [0.25, 0.3) is 12.3 Å². The molecule has 0 spiro atoms. The molecule has 11 nitrogen and oxygen atoms in total. The molecule has 1 fully saturated rings. The topological polar surface area (TPSA) is 137 Å². The summed E-state index contributed by atoms with van der Waals surface area (Å²) in [5.41, 5.74) is -1.55. The van der Waals surface area contributed by atoms with E-state index in [0.29, 0.717) is 48.4 Å². The number of allylic oxidation sites excluding steroid dienone is 1. The molecule has 2 aliphatic rings. The highest BCUT2D eigenvalue weighted by atomic mass is 31.1. The first kappa shape index (κ1) is 28.4. The second kappa shape index (κ2) is 12.2. The fourth-order valence-electron chi connectivity index (χ4n) is 4.41. The largest absolute Gasteiger partial charge is 0.537 e.